The maximum atomic E-state index is 4.57. The quantitative estimate of drug-likeness (QED) is 0.906. The lowest BCUT2D eigenvalue weighted by Crippen LogP contribution is -2.31. The van der Waals surface area contributed by atoms with Crippen LogP contribution in [0.1, 0.15) is 17.7 Å². The number of likely N-dealkylation sites (N-methyl/N-ethyl adjacent to an activating group) is 1. The van der Waals surface area contributed by atoms with E-state index in [1.807, 2.05) is 7.05 Å². The van der Waals surface area contributed by atoms with E-state index in [1.165, 1.54) is 24.3 Å². The molecule has 108 valence electrons. The number of anilines is 2. The number of nitrogens with one attached hydrogen (secondary N) is 2. The predicted molar refractivity (Wildman–Crippen MR) is 85.8 cm³/mol. The van der Waals surface area contributed by atoms with Crippen molar-refractivity contribution < 1.29 is 0 Å². The van der Waals surface area contributed by atoms with Crippen LogP contribution in [0.15, 0.2) is 6.07 Å². The van der Waals surface area contributed by atoms with Crippen molar-refractivity contribution in [2.24, 2.45) is 0 Å². The molecule has 1 fully saturated rings. The Morgan fingerprint density at radius 3 is 3.00 bits per heavy atom. The molecule has 0 aromatic carbocycles. The molecule has 1 aliphatic heterocycles. The molecule has 2 aromatic rings. The first-order valence-electron chi connectivity index (χ1n) is 7.07. The first-order chi connectivity index (χ1) is 9.67. The molecule has 20 heavy (non-hydrogen) atoms. The number of fused-ring (bicyclic) bond motifs is 1. The van der Waals surface area contributed by atoms with Gasteiger partial charge in [0, 0.05) is 24.5 Å². The first kappa shape index (κ1) is 13.6. The van der Waals surface area contributed by atoms with Gasteiger partial charge < -0.3 is 15.5 Å². The Kier molecular flexibility index (Phi) is 3.76. The molecule has 0 saturated carbocycles. The number of likely N-dealkylation sites (tertiary alicyclic amines) is 1. The topological polar surface area (TPSA) is 53.1 Å². The van der Waals surface area contributed by atoms with Crippen LogP contribution >= 0.6 is 11.3 Å². The highest BCUT2D eigenvalue weighted by molar-refractivity contribution is 7.18. The van der Waals surface area contributed by atoms with E-state index < -0.39 is 0 Å². The predicted octanol–water partition coefficient (Wildman–Crippen LogP) is 2.55. The van der Waals surface area contributed by atoms with Crippen LogP contribution in [0.4, 0.5) is 11.8 Å². The molecule has 2 aromatic heterocycles. The smallest absolute Gasteiger partial charge is 0.225 e. The van der Waals surface area contributed by atoms with Gasteiger partial charge in [-0.2, -0.15) is 4.98 Å². The minimum atomic E-state index is 0.609. The second kappa shape index (κ2) is 5.54. The molecular formula is C14H21N5S. The van der Waals surface area contributed by atoms with Crippen molar-refractivity contribution in [2.45, 2.75) is 25.8 Å². The molecule has 0 bridgehead atoms. The van der Waals surface area contributed by atoms with Gasteiger partial charge in [-0.3, -0.25) is 0 Å². The molecule has 1 saturated heterocycles. The van der Waals surface area contributed by atoms with Gasteiger partial charge in [0.25, 0.3) is 0 Å². The molecule has 3 heterocycles. The van der Waals surface area contributed by atoms with Gasteiger partial charge in [0.15, 0.2) is 0 Å². The largest absolute Gasteiger partial charge is 0.368 e. The zero-order chi connectivity index (χ0) is 14.1. The van der Waals surface area contributed by atoms with Crippen molar-refractivity contribution in [3.8, 4) is 0 Å². The van der Waals surface area contributed by atoms with Crippen LogP contribution in [0, 0.1) is 6.92 Å². The van der Waals surface area contributed by atoms with Gasteiger partial charge in [0.1, 0.15) is 10.6 Å². The molecule has 5 nitrogen and oxygen atoms in total. The summed E-state index contributed by atoms with van der Waals surface area (Å²) in [4.78, 5) is 13.8. The van der Waals surface area contributed by atoms with Crippen LogP contribution in [-0.2, 0) is 0 Å². The normalized spacial score (nSPS) is 19.6. The number of aryl methyl sites for hydroxylation is 1. The third kappa shape index (κ3) is 2.58. The summed E-state index contributed by atoms with van der Waals surface area (Å²) in [7, 11) is 4.05. The molecule has 1 atom stereocenters. The number of hydrogen-bond acceptors (Lipinski definition) is 6. The second-order valence-corrected chi connectivity index (χ2v) is 6.61. The summed E-state index contributed by atoms with van der Waals surface area (Å²) in [5.74, 6) is 1.63. The van der Waals surface area contributed by atoms with Crippen LogP contribution in [0.3, 0.4) is 0 Å². The van der Waals surface area contributed by atoms with Crippen LogP contribution < -0.4 is 10.6 Å². The van der Waals surface area contributed by atoms with Crippen molar-refractivity contribution in [1.29, 1.82) is 0 Å². The molecule has 1 aliphatic rings. The number of rotatable bonds is 4. The van der Waals surface area contributed by atoms with E-state index in [0.717, 1.165) is 22.6 Å². The fraction of sp³-hybridized carbons (Fsp3) is 0.571. The molecule has 2 N–H and O–H groups in total. The number of nitrogens with zero attached hydrogens (tertiary/aromatic N) is 3. The molecule has 6 heteroatoms. The van der Waals surface area contributed by atoms with Crippen LogP contribution in [-0.4, -0.2) is 48.1 Å². The Morgan fingerprint density at radius 1 is 1.45 bits per heavy atom. The summed E-state index contributed by atoms with van der Waals surface area (Å²) in [5, 5.41) is 7.69. The average molecular weight is 291 g/mol. The van der Waals surface area contributed by atoms with E-state index in [1.54, 1.807) is 11.3 Å². The van der Waals surface area contributed by atoms with Gasteiger partial charge in [0.2, 0.25) is 5.95 Å². The van der Waals surface area contributed by atoms with Gasteiger partial charge in [-0.1, -0.05) is 0 Å². The second-order valence-electron chi connectivity index (χ2n) is 5.38. The van der Waals surface area contributed by atoms with E-state index in [0.29, 0.717) is 12.0 Å². The Balaban J connectivity index is 1.85. The van der Waals surface area contributed by atoms with Crippen molar-refractivity contribution in [3.05, 3.63) is 10.9 Å². The third-order valence-corrected chi connectivity index (χ3v) is 4.86. The lowest BCUT2D eigenvalue weighted by molar-refractivity contribution is 0.322. The SMILES string of the molecule is CNc1nc(NCC2CCCN2C)c2cc(C)sc2n1. The van der Waals surface area contributed by atoms with E-state index >= 15 is 0 Å². The fourth-order valence-corrected chi connectivity index (χ4v) is 3.62. The summed E-state index contributed by atoms with van der Waals surface area (Å²) in [5.41, 5.74) is 0. The standard InChI is InChI=1S/C14H21N5S/c1-9-7-11-12(16-8-10-5-4-6-19(10)3)17-14(15-2)18-13(11)20-9/h7,10H,4-6,8H2,1-3H3,(H2,15,16,17,18). The lowest BCUT2D eigenvalue weighted by atomic mass is 10.2. The van der Waals surface area contributed by atoms with Crippen molar-refractivity contribution in [2.75, 3.05) is 37.8 Å². The zero-order valence-electron chi connectivity index (χ0n) is 12.2. The summed E-state index contributed by atoms with van der Waals surface area (Å²) in [6.45, 7) is 4.26. The minimum Gasteiger partial charge on any atom is -0.368 e. The van der Waals surface area contributed by atoms with Gasteiger partial charge in [-0.15, -0.1) is 11.3 Å². The molecule has 1 unspecified atom stereocenters. The third-order valence-electron chi connectivity index (χ3n) is 3.92. The molecule has 0 amide bonds. The van der Waals surface area contributed by atoms with Gasteiger partial charge in [0.05, 0.1) is 5.39 Å². The first-order valence-corrected chi connectivity index (χ1v) is 7.89. The van der Waals surface area contributed by atoms with E-state index in [-0.39, 0.29) is 0 Å². The molecule has 0 spiro atoms. The van der Waals surface area contributed by atoms with Crippen molar-refractivity contribution in [1.82, 2.24) is 14.9 Å². The van der Waals surface area contributed by atoms with Crippen LogP contribution in [0.25, 0.3) is 10.2 Å². The Labute approximate surface area is 123 Å². The van der Waals surface area contributed by atoms with Gasteiger partial charge in [-0.25, -0.2) is 4.98 Å². The van der Waals surface area contributed by atoms with Crippen LogP contribution in [0.2, 0.25) is 0 Å². The van der Waals surface area contributed by atoms with Gasteiger partial charge in [-0.05, 0) is 39.4 Å². The fourth-order valence-electron chi connectivity index (χ4n) is 2.74. The minimum absolute atomic E-state index is 0.609. The Hall–Kier alpha value is -1.40. The van der Waals surface area contributed by atoms with E-state index in [9.17, 15) is 0 Å². The molecule has 3 rings (SSSR count). The van der Waals surface area contributed by atoms with Gasteiger partial charge >= 0.3 is 0 Å². The van der Waals surface area contributed by atoms with Crippen molar-refractivity contribution in [3.63, 3.8) is 0 Å². The zero-order valence-corrected chi connectivity index (χ0v) is 13.0. The Morgan fingerprint density at radius 2 is 2.30 bits per heavy atom. The van der Waals surface area contributed by atoms with Crippen LogP contribution in [0.5, 0.6) is 0 Å². The van der Waals surface area contributed by atoms with Crippen molar-refractivity contribution >= 4 is 33.3 Å². The summed E-state index contributed by atoms with van der Waals surface area (Å²) in [6, 6.07) is 2.78. The molecule has 0 radical (unpaired) electrons. The maximum absolute atomic E-state index is 4.57. The molecule has 0 aliphatic carbocycles. The highest BCUT2D eigenvalue weighted by atomic mass is 32.1. The summed E-state index contributed by atoms with van der Waals surface area (Å²) >= 11 is 1.71. The maximum Gasteiger partial charge on any atom is 0.225 e. The average Bonchev–Trinajstić information content (AvgIpc) is 3.00. The summed E-state index contributed by atoms with van der Waals surface area (Å²) in [6.07, 6.45) is 2.56. The summed E-state index contributed by atoms with van der Waals surface area (Å²) < 4.78 is 0. The van der Waals surface area contributed by atoms with E-state index in [4.69, 9.17) is 0 Å². The Bertz CT molecular complexity index is 609. The molecular weight excluding hydrogens is 270 g/mol. The number of thiophene rings is 1. The highest BCUT2D eigenvalue weighted by Crippen LogP contribution is 2.29. The lowest BCUT2D eigenvalue weighted by Gasteiger charge is -2.20. The monoisotopic (exact) mass is 291 g/mol. The highest BCUT2D eigenvalue weighted by Gasteiger charge is 2.21. The number of hydrogen-bond donors (Lipinski definition) is 2. The number of aromatic nitrogens is 2. The van der Waals surface area contributed by atoms with E-state index in [2.05, 4.69) is 45.5 Å².